The lowest BCUT2D eigenvalue weighted by Crippen LogP contribution is -2.27. The molecule has 0 saturated carbocycles. The van der Waals surface area contributed by atoms with Crippen molar-refractivity contribution in [2.45, 2.75) is 40.2 Å². The third kappa shape index (κ3) is 5.37. The van der Waals surface area contributed by atoms with Crippen LogP contribution in [0.5, 0.6) is 0 Å². The van der Waals surface area contributed by atoms with E-state index in [9.17, 15) is 0 Å². The Morgan fingerprint density at radius 2 is 2.18 bits per heavy atom. The maximum atomic E-state index is 5.74. The van der Waals surface area contributed by atoms with Crippen molar-refractivity contribution in [3.63, 3.8) is 0 Å². The second-order valence-electron chi connectivity index (χ2n) is 5.42. The third-order valence-electron chi connectivity index (χ3n) is 3.29. The molecule has 0 saturated heterocycles. The minimum absolute atomic E-state index is 0.268. The Bertz CT molecular complexity index is 293. The van der Waals surface area contributed by atoms with Gasteiger partial charge in [-0.05, 0) is 50.0 Å². The summed E-state index contributed by atoms with van der Waals surface area (Å²) in [5.41, 5.74) is 6.00. The van der Waals surface area contributed by atoms with Crippen molar-refractivity contribution < 1.29 is 4.42 Å². The first-order valence-electron chi connectivity index (χ1n) is 6.52. The number of hydrogen-bond acceptors (Lipinski definition) is 3. The van der Waals surface area contributed by atoms with Gasteiger partial charge in [-0.15, -0.1) is 0 Å². The van der Waals surface area contributed by atoms with Crippen molar-refractivity contribution in [3.8, 4) is 0 Å². The van der Waals surface area contributed by atoms with Crippen LogP contribution >= 0.6 is 0 Å². The summed E-state index contributed by atoms with van der Waals surface area (Å²) in [5.74, 6) is 1.05. The molecule has 0 aliphatic carbocycles. The third-order valence-corrected chi connectivity index (χ3v) is 3.29. The molecule has 0 amide bonds. The predicted octanol–water partition coefficient (Wildman–Crippen LogP) is 2.87. The molecule has 1 rings (SSSR count). The van der Waals surface area contributed by atoms with Gasteiger partial charge in [0, 0.05) is 0 Å². The molecule has 0 radical (unpaired) electrons. The van der Waals surface area contributed by atoms with E-state index in [0.29, 0.717) is 0 Å². The number of furan rings is 1. The van der Waals surface area contributed by atoms with E-state index in [1.807, 2.05) is 12.1 Å². The Labute approximate surface area is 105 Å². The highest BCUT2D eigenvalue weighted by molar-refractivity contribution is 4.97. The molecule has 98 valence electrons. The molecule has 3 heteroatoms. The molecule has 0 aromatic carbocycles. The van der Waals surface area contributed by atoms with E-state index >= 15 is 0 Å². The minimum atomic E-state index is 0.268. The van der Waals surface area contributed by atoms with Crippen molar-refractivity contribution in [1.82, 2.24) is 4.90 Å². The van der Waals surface area contributed by atoms with Crippen LogP contribution in [-0.4, -0.2) is 24.5 Å². The zero-order valence-corrected chi connectivity index (χ0v) is 11.4. The summed E-state index contributed by atoms with van der Waals surface area (Å²) < 4.78 is 5.37. The van der Waals surface area contributed by atoms with Crippen LogP contribution in [0, 0.1) is 5.41 Å². The molecule has 3 nitrogen and oxygen atoms in total. The zero-order valence-electron chi connectivity index (χ0n) is 11.4. The van der Waals surface area contributed by atoms with Gasteiger partial charge in [-0.2, -0.15) is 0 Å². The first kappa shape index (κ1) is 14.3. The highest BCUT2D eigenvalue weighted by atomic mass is 16.3. The second kappa shape index (κ2) is 6.82. The summed E-state index contributed by atoms with van der Waals surface area (Å²) in [4.78, 5) is 2.41. The second-order valence-corrected chi connectivity index (χ2v) is 5.42. The summed E-state index contributed by atoms with van der Waals surface area (Å²) in [6, 6.07) is 3.98. The molecule has 0 atom stereocenters. The monoisotopic (exact) mass is 238 g/mol. The highest BCUT2D eigenvalue weighted by Crippen LogP contribution is 2.20. The van der Waals surface area contributed by atoms with Gasteiger partial charge >= 0.3 is 0 Å². The lowest BCUT2D eigenvalue weighted by atomic mass is 9.88. The first-order valence-corrected chi connectivity index (χ1v) is 6.52. The summed E-state index contributed by atoms with van der Waals surface area (Å²) in [6.07, 6.45) is 4.11. The van der Waals surface area contributed by atoms with Crippen molar-refractivity contribution in [3.05, 3.63) is 24.2 Å². The molecule has 0 bridgehead atoms. The fourth-order valence-corrected chi connectivity index (χ4v) is 1.86. The zero-order chi connectivity index (χ0) is 12.7. The lowest BCUT2D eigenvalue weighted by Gasteiger charge is -2.25. The maximum absolute atomic E-state index is 5.74. The van der Waals surface area contributed by atoms with E-state index in [1.165, 1.54) is 12.8 Å². The normalized spacial score (nSPS) is 12.3. The van der Waals surface area contributed by atoms with E-state index in [2.05, 4.69) is 25.7 Å². The van der Waals surface area contributed by atoms with E-state index in [1.54, 1.807) is 6.26 Å². The summed E-state index contributed by atoms with van der Waals surface area (Å²) in [6.45, 7) is 10.5. The summed E-state index contributed by atoms with van der Waals surface area (Å²) in [5, 5.41) is 0. The number of nitrogens with two attached hydrogens (primary N) is 1. The molecule has 0 spiro atoms. The molecule has 0 aliphatic heterocycles. The summed E-state index contributed by atoms with van der Waals surface area (Å²) in [7, 11) is 0. The van der Waals surface area contributed by atoms with Crippen molar-refractivity contribution >= 4 is 0 Å². The molecule has 17 heavy (non-hydrogen) atoms. The molecule has 1 aromatic heterocycles. The van der Waals surface area contributed by atoms with Crippen LogP contribution in [0.1, 0.15) is 39.4 Å². The number of hydrogen-bond donors (Lipinski definition) is 1. The Morgan fingerprint density at radius 3 is 2.71 bits per heavy atom. The van der Waals surface area contributed by atoms with Crippen LogP contribution in [0.4, 0.5) is 0 Å². The molecule has 1 heterocycles. The molecule has 2 N–H and O–H groups in total. The molecular formula is C14H26N2O. The van der Waals surface area contributed by atoms with Crippen LogP contribution in [0.2, 0.25) is 0 Å². The molecule has 0 unspecified atom stereocenters. The molecule has 1 aromatic rings. The lowest BCUT2D eigenvalue weighted by molar-refractivity contribution is 0.231. The average molecular weight is 238 g/mol. The molecule has 0 aliphatic rings. The Morgan fingerprint density at radius 1 is 1.41 bits per heavy atom. The Kier molecular flexibility index (Phi) is 5.72. The fraction of sp³-hybridized carbons (Fsp3) is 0.714. The van der Waals surface area contributed by atoms with Gasteiger partial charge in [0.25, 0.3) is 0 Å². The van der Waals surface area contributed by atoms with Gasteiger partial charge in [0.1, 0.15) is 5.76 Å². The largest absolute Gasteiger partial charge is 0.468 e. The van der Waals surface area contributed by atoms with E-state index in [0.717, 1.165) is 31.9 Å². The molecular weight excluding hydrogens is 212 g/mol. The number of rotatable bonds is 8. The van der Waals surface area contributed by atoms with Gasteiger partial charge in [-0.3, -0.25) is 4.90 Å². The van der Waals surface area contributed by atoms with Gasteiger partial charge in [0.2, 0.25) is 0 Å². The van der Waals surface area contributed by atoms with Gasteiger partial charge < -0.3 is 10.2 Å². The van der Waals surface area contributed by atoms with Crippen LogP contribution < -0.4 is 5.73 Å². The van der Waals surface area contributed by atoms with Gasteiger partial charge in [0.05, 0.1) is 12.8 Å². The van der Waals surface area contributed by atoms with Gasteiger partial charge in [-0.25, -0.2) is 0 Å². The molecule has 0 fully saturated rings. The quantitative estimate of drug-likeness (QED) is 0.757. The van der Waals surface area contributed by atoms with E-state index in [-0.39, 0.29) is 5.41 Å². The Balaban J connectivity index is 2.28. The van der Waals surface area contributed by atoms with Crippen LogP contribution in [0.25, 0.3) is 0 Å². The topological polar surface area (TPSA) is 42.4 Å². The smallest absolute Gasteiger partial charge is 0.117 e. The van der Waals surface area contributed by atoms with E-state index < -0.39 is 0 Å². The fourth-order valence-electron chi connectivity index (χ4n) is 1.86. The van der Waals surface area contributed by atoms with Crippen LogP contribution in [0.3, 0.4) is 0 Å². The van der Waals surface area contributed by atoms with Gasteiger partial charge in [-0.1, -0.05) is 20.8 Å². The van der Waals surface area contributed by atoms with Gasteiger partial charge in [0.15, 0.2) is 0 Å². The predicted molar refractivity (Wildman–Crippen MR) is 71.7 cm³/mol. The number of nitrogens with zero attached hydrogens (tertiary/aromatic N) is 1. The van der Waals surface area contributed by atoms with Crippen molar-refractivity contribution in [2.75, 3.05) is 19.6 Å². The van der Waals surface area contributed by atoms with E-state index in [4.69, 9.17) is 10.2 Å². The van der Waals surface area contributed by atoms with Crippen LogP contribution in [-0.2, 0) is 6.54 Å². The first-order chi connectivity index (χ1) is 8.07. The highest BCUT2D eigenvalue weighted by Gasteiger charge is 2.15. The summed E-state index contributed by atoms with van der Waals surface area (Å²) >= 11 is 0. The standard InChI is InChI=1S/C14H26N2O/c1-4-16(11-13-7-5-10-17-13)9-6-8-14(2,3)12-15/h5,7,10H,4,6,8-9,11-12,15H2,1-3H3. The van der Waals surface area contributed by atoms with Crippen molar-refractivity contribution in [2.24, 2.45) is 11.1 Å². The Hall–Kier alpha value is -0.800. The SMILES string of the molecule is CCN(CCCC(C)(C)CN)Cc1ccco1. The van der Waals surface area contributed by atoms with Crippen molar-refractivity contribution in [1.29, 1.82) is 0 Å². The minimum Gasteiger partial charge on any atom is -0.468 e. The van der Waals surface area contributed by atoms with Crippen LogP contribution in [0.15, 0.2) is 22.8 Å². The maximum Gasteiger partial charge on any atom is 0.117 e. The average Bonchev–Trinajstić information content (AvgIpc) is 2.80.